The number of hydrogen-bond acceptors (Lipinski definition) is 5. The second-order valence-corrected chi connectivity index (χ2v) is 7.03. The molecule has 138 valence electrons. The Morgan fingerprint density at radius 3 is 2.88 bits per heavy atom. The van der Waals surface area contributed by atoms with Gasteiger partial charge in [0.05, 0.1) is 18.6 Å². The number of rotatable bonds is 4. The average Bonchev–Trinajstić information content (AvgIpc) is 3.31. The van der Waals surface area contributed by atoms with Gasteiger partial charge in [0.1, 0.15) is 5.76 Å². The highest BCUT2D eigenvalue weighted by Gasteiger charge is 2.27. The highest BCUT2D eigenvalue weighted by Crippen LogP contribution is 2.23. The van der Waals surface area contributed by atoms with Crippen LogP contribution < -0.4 is 5.56 Å². The summed E-state index contributed by atoms with van der Waals surface area (Å²) in [6.07, 6.45) is 5.17. The van der Waals surface area contributed by atoms with Crippen LogP contribution in [0.2, 0.25) is 0 Å². The van der Waals surface area contributed by atoms with Gasteiger partial charge in [-0.3, -0.25) is 14.5 Å². The van der Waals surface area contributed by atoms with Crippen molar-refractivity contribution in [1.82, 2.24) is 19.8 Å². The summed E-state index contributed by atoms with van der Waals surface area (Å²) >= 11 is 0. The molecule has 0 aliphatic carbocycles. The minimum atomic E-state index is -0.125. The summed E-state index contributed by atoms with van der Waals surface area (Å²) in [5, 5.41) is 0. The van der Waals surface area contributed by atoms with Crippen molar-refractivity contribution in [2.75, 3.05) is 19.6 Å². The molecule has 0 aromatic carbocycles. The molecule has 0 radical (unpaired) electrons. The van der Waals surface area contributed by atoms with Crippen LogP contribution in [0.25, 0.3) is 0 Å². The molecule has 0 spiro atoms. The van der Waals surface area contributed by atoms with Crippen LogP contribution in [0.5, 0.6) is 0 Å². The Hall–Kier alpha value is -2.41. The number of hydrogen-bond donors (Lipinski definition) is 1. The normalized spacial score (nSPS) is 17.5. The van der Waals surface area contributed by atoms with Crippen molar-refractivity contribution < 1.29 is 9.21 Å². The number of furan rings is 1. The molecule has 26 heavy (non-hydrogen) atoms. The first-order valence-electron chi connectivity index (χ1n) is 9.34. The Balaban J connectivity index is 1.53. The van der Waals surface area contributed by atoms with Crippen molar-refractivity contribution in [2.24, 2.45) is 0 Å². The van der Waals surface area contributed by atoms with E-state index in [9.17, 15) is 9.59 Å². The van der Waals surface area contributed by atoms with Crippen LogP contribution in [-0.4, -0.2) is 45.3 Å². The van der Waals surface area contributed by atoms with Gasteiger partial charge in [0.15, 0.2) is 5.76 Å². The summed E-state index contributed by atoms with van der Waals surface area (Å²) < 4.78 is 5.89. The number of amides is 1. The maximum absolute atomic E-state index is 12.9. The topological polar surface area (TPSA) is 82.4 Å². The first-order chi connectivity index (χ1) is 12.7. The summed E-state index contributed by atoms with van der Waals surface area (Å²) in [5.41, 5.74) is 2.36. The van der Waals surface area contributed by atoms with Gasteiger partial charge < -0.3 is 14.3 Å². The number of aromatic nitrogens is 2. The van der Waals surface area contributed by atoms with E-state index in [2.05, 4.69) is 14.9 Å². The molecule has 1 amide bonds. The smallest absolute Gasteiger partial charge is 0.289 e. The highest BCUT2D eigenvalue weighted by atomic mass is 16.4. The second kappa shape index (κ2) is 7.07. The van der Waals surface area contributed by atoms with Crippen LogP contribution >= 0.6 is 0 Å². The van der Waals surface area contributed by atoms with Crippen molar-refractivity contribution >= 4 is 5.91 Å². The first-order valence-corrected chi connectivity index (χ1v) is 9.34. The number of aryl methyl sites for hydroxylation is 1. The van der Waals surface area contributed by atoms with Gasteiger partial charge in [-0.15, -0.1) is 0 Å². The summed E-state index contributed by atoms with van der Waals surface area (Å²) in [7, 11) is 0. The van der Waals surface area contributed by atoms with E-state index in [1.165, 1.54) is 19.2 Å². The third kappa shape index (κ3) is 3.19. The molecule has 7 nitrogen and oxygen atoms in total. The van der Waals surface area contributed by atoms with E-state index in [4.69, 9.17) is 4.42 Å². The number of nitrogens with one attached hydrogen (secondary N) is 1. The maximum atomic E-state index is 12.9. The van der Waals surface area contributed by atoms with Crippen LogP contribution in [-0.2, 0) is 25.9 Å². The monoisotopic (exact) mass is 356 g/mol. The molecule has 0 saturated carbocycles. The van der Waals surface area contributed by atoms with Crippen LogP contribution in [0.15, 0.2) is 21.6 Å². The molecule has 1 saturated heterocycles. The zero-order chi connectivity index (χ0) is 18.1. The Kier molecular flexibility index (Phi) is 4.63. The van der Waals surface area contributed by atoms with Crippen molar-refractivity contribution in [3.8, 4) is 0 Å². The van der Waals surface area contributed by atoms with E-state index in [-0.39, 0.29) is 11.5 Å². The van der Waals surface area contributed by atoms with Gasteiger partial charge in [0.2, 0.25) is 0 Å². The van der Waals surface area contributed by atoms with Gasteiger partial charge in [-0.25, -0.2) is 4.98 Å². The summed E-state index contributed by atoms with van der Waals surface area (Å²) in [6, 6.07) is 1.90. The number of fused-ring (bicyclic) bond motifs is 1. The molecule has 2 aromatic heterocycles. The summed E-state index contributed by atoms with van der Waals surface area (Å²) in [5.74, 6) is 1.16. The Bertz CT molecular complexity index is 864. The number of nitrogens with zero attached hydrogens (tertiary/aromatic N) is 3. The maximum Gasteiger partial charge on any atom is 0.289 e. The fraction of sp³-hybridized carbons (Fsp3) is 0.526. The predicted molar refractivity (Wildman–Crippen MR) is 95.9 cm³/mol. The lowest BCUT2D eigenvalue weighted by Crippen LogP contribution is -2.38. The molecule has 2 aromatic rings. The number of carbonyl (C=O) groups is 1. The molecule has 0 atom stereocenters. The Labute approximate surface area is 152 Å². The third-order valence-corrected chi connectivity index (χ3v) is 5.32. The van der Waals surface area contributed by atoms with Crippen molar-refractivity contribution in [1.29, 1.82) is 0 Å². The molecular formula is C19H24N4O3. The van der Waals surface area contributed by atoms with Crippen LogP contribution in [0.4, 0.5) is 0 Å². The van der Waals surface area contributed by atoms with Gasteiger partial charge >= 0.3 is 0 Å². The van der Waals surface area contributed by atoms with E-state index in [1.807, 2.05) is 13.0 Å². The Morgan fingerprint density at radius 2 is 2.12 bits per heavy atom. The highest BCUT2D eigenvalue weighted by molar-refractivity contribution is 5.92. The fourth-order valence-electron chi connectivity index (χ4n) is 3.88. The molecule has 0 unspecified atom stereocenters. The molecule has 0 bridgehead atoms. The van der Waals surface area contributed by atoms with E-state index >= 15 is 0 Å². The molecular weight excluding hydrogens is 332 g/mol. The number of carbonyl (C=O) groups excluding carboxylic acids is 1. The third-order valence-electron chi connectivity index (χ3n) is 5.32. The quantitative estimate of drug-likeness (QED) is 0.902. The number of likely N-dealkylation sites (tertiary alicyclic amines) is 1. The van der Waals surface area contributed by atoms with E-state index in [0.29, 0.717) is 36.5 Å². The van der Waals surface area contributed by atoms with Gasteiger partial charge in [-0.05, 0) is 38.4 Å². The predicted octanol–water partition coefficient (Wildman–Crippen LogP) is 1.72. The molecule has 1 fully saturated rings. The number of H-pyrrole nitrogens is 1. The standard InChI is InChI=1S/C19H24N4O3/c1-2-16-13(10-22-6-3-4-7-22)9-17(26-16)19(25)23-8-5-14-15(11-23)20-12-21-18(14)24/h9,12H,2-8,10-11H2,1H3,(H,20,21,24). The minimum absolute atomic E-state index is 0.110. The molecule has 1 N–H and O–H groups in total. The SMILES string of the molecule is CCc1oc(C(=O)N2CCc3c(nc[nH]c3=O)C2)cc1CN1CCCC1. The van der Waals surface area contributed by atoms with Crippen molar-refractivity contribution in [3.63, 3.8) is 0 Å². The van der Waals surface area contributed by atoms with Gasteiger partial charge in [0, 0.05) is 30.6 Å². The number of aromatic amines is 1. The lowest BCUT2D eigenvalue weighted by atomic mass is 10.1. The second-order valence-electron chi connectivity index (χ2n) is 7.03. The Morgan fingerprint density at radius 1 is 1.31 bits per heavy atom. The zero-order valence-electron chi connectivity index (χ0n) is 15.1. The van der Waals surface area contributed by atoms with Crippen LogP contribution in [0.1, 0.15) is 52.9 Å². The van der Waals surface area contributed by atoms with E-state index < -0.39 is 0 Å². The van der Waals surface area contributed by atoms with Gasteiger partial charge in [0.25, 0.3) is 11.5 Å². The van der Waals surface area contributed by atoms with Crippen LogP contribution in [0.3, 0.4) is 0 Å². The van der Waals surface area contributed by atoms with Crippen LogP contribution in [0, 0.1) is 0 Å². The zero-order valence-corrected chi connectivity index (χ0v) is 15.1. The lowest BCUT2D eigenvalue weighted by molar-refractivity contribution is 0.0697. The summed E-state index contributed by atoms with van der Waals surface area (Å²) in [4.78, 5) is 35.7. The largest absolute Gasteiger partial charge is 0.456 e. The lowest BCUT2D eigenvalue weighted by Gasteiger charge is -2.26. The molecule has 4 heterocycles. The van der Waals surface area contributed by atoms with Gasteiger partial charge in [-0.2, -0.15) is 0 Å². The van der Waals surface area contributed by atoms with Crippen molar-refractivity contribution in [3.05, 3.63) is 51.1 Å². The first kappa shape index (κ1) is 17.0. The fourth-order valence-corrected chi connectivity index (χ4v) is 3.88. The molecule has 4 rings (SSSR count). The molecule has 7 heteroatoms. The summed E-state index contributed by atoms with van der Waals surface area (Å²) in [6.45, 7) is 5.97. The molecule has 2 aliphatic heterocycles. The average molecular weight is 356 g/mol. The van der Waals surface area contributed by atoms with Crippen molar-refractivity contribution in [2.45, 2.75) is 45.7 Å². The van der Waals surface area contributed by atoms with E-state index in [0.717, 1.165) is 37.4 Å². The minimum Gasteiger partial charge on any atom is -0.456 e. The van der Waals surface area contributed by atoms with Gasteiger partial charge in [-0.1, -0.05) is 6.92 Å². The molecule has 2 aliphatic rings. The van der Waals surface area contributed by atoms with E-state index in [1.54, 1.807) is 4.90 Å².